The van der Waals surface area contributed by atoms with Gasteiger partial charge in [0, 0.05) is 36.9 Å². The lowest BCUT2D eigenvalue weighted by Crippen LogP contribution is -1.96. The third-order valence-corrected chi connectivity index (χ3v) is 13.2. The summed E-state index contributed by atoms with van der Waals surface area (Å²) in [5.74, 6) is 0.701. The van der Waals surface area contributed by atoms with Crippen molar-refractivity contribution in [2.45, 2.75) is 0 Å². The van der Waals surface area contributed by atoms with Crippen LogP contribution in [-0.2, 0) is 0 Å². The number of hydrogen-bond acceptors (Lipinski definition) is 3. The predicted octanol–water partition coefficient (Wildman–Crippen LogP) is 16.3. The van der Waals surface area contributed by atoms with Crippen molar-refractivity contribution in [3.05, 3.63) is 218 Å². The number of rotatable bonds is 6. The summed E-state index contributed by atoms with van der Waals surface area (Å²) in [5.41, 5.74) is 11.9. The monoisotopic (exact) mass is 792 g/mol. The molecule has 0 saturated carbocycles. The van der Waals surface area contributed by atoms with Gasteiger partial charge in [0.25, 0.3) is 0 Å². The van der Waals surface area contributed by atoms with E-state index in [-0.39, 0.29) is 0 Å². The quantitative estimate of drug-likeness (QED) is 0.124. The largest absolute Gasteiger partial charge is 0.228 e. The average Bonchev–Trinajstić information content (AvgIpc) is 3.71. The van der Waals surface area contributed by atoms with Crippen LogP contribution in [0.2, 0.25) is 0 Å². The number of fused-ring (bicyclic) bond motifs is 7. The van der Waals surface area contributed by atoms with Crippen molar-refractivity contribution >= 4 is 63.8 Å². The predicted molar refractivity (Wildman–Crippen MR) is 260 cm³/mol. The molecule has 61 heavy (non-hydrogen) atoms. The Bertz CT molecular complexity index is 3660. The zero-order chi connectivity index (χ0) is 40.3. The van der Waals surface area contributed by atoms with E-state index in [4.69, 9.17) is 9.97 Å². The molecule has 0 aliphatic heterocycles. The number of benzene rings is 10. The average molecular weight is 793 g/mol. The second-order valence-electron chi connectivity index (χ2n) is 15.7. The molecule has 0 N–H and O–H groups in total. The summed E-state index contributed by atoms with van der Waals surface area (Å²) in [4.78, 5) is 10.4. The third kappa shape index (κ3) is 6.26. The standard InChI is InChI=1S/C58H36N2S/c1-2-14-38(15-3-1)58-59-53(36-54(60-58)45-21-11-18-40(32-45)42-28-30-56-52(34-42)49-25-8-9-26-55(49)61-56)44-20-10-17-39(31-44)41-19-12-22-46(33-41)57-48-24-7-5-16-43(48)35-51-47-23-6-4-13-37(47)27-29-50(51)57/h1-36H. The molecule has 0 fully saturated rings. The fourth-order valence-electron chi connectivity index (χ4n) is 9.07. The first-order valence-corrected chi connectivity index (χ1v) is 21.5. The summed E-state index contributed by atoms with van der Waals surface area (Å²) in [6, 6.07) is 78.8. The van der Waals surface area contributed by atoms with E-state index in [1.807, 2.05) is 29.5 Å². The Morgan fingerprint density at radius 3 is 1.54 bits per heavy atom. The molecule has 2 aromatic heterocycles. The van der Waals surface area contributed by atoms with Crippen LogP contribution in [0.5, 0.6) is 0 Å². The summed E-state index contributed by atoms with van der Waals surface area (Å²) in [6.45, 7) is 0. The maximum absolute atomic E-state index is 5.22. The van der Waals surface area contributed by atoms with E-state index in [1.165, 1.54) is 69.2 Å². The maximum Gasteiger partial charge on any atom is 0.160 e. The van der Waals surface area contributed by atoms with Gasteiger partial charge < -0.3 is 0 Å². The zero-order valence-corrected chi connectivity index (χ0v) is 33.9. The molecular weight excluding hydrogens is 757 g/mol. The van der Waals surface area contributed by atoms with E-state index >= 15 is 0 Å². The Balaban J connectivity index is 0.964. The third-order valence-electron chi connectivity index (χ3n) is 12.0. The van der Waals surface area contributed by atoms with Crippen LogP contribution in [0, 0.1) is 0 Å². The fraction of sp³-hybridized carbons (Fsp3) is 0. The van der Waals surface area contributed by atoms with Crippen LogP contribution < -0.4 is 0 Å². The topological polar surface area (TPSA) is 25.8 Å². The van der Waals surface area contributed by atoms with Crippen molar-refractivity contribution in [3.8, 4) is 67.3 Å². The Morgan fingerprint density at radius 1 is 0.262 bits per heavy atom. The lowest BCUT2D eigenvalue weighted by molar-refractivity contribution is 1.18. The number of thiophene rings is 1. The molecule has 284 valence electrons. The summed E-state index contributed by atoms with van der Waals surface area (Å²) < 4.78 is 2.62. The van der Waals surface area contributed by atoms with E-state index in [1.54, 1.807) is 0 Å². The summed E-state index contributed by atoms with van der Waals surface area (Å²) in [7, 11) is 0. The van der Waals surface area contributed by atoms with Crippen LogP contribution in [0.4, 0.5) is 0 Å². The molecule has 0 atom stereocenters. The molecule has 2 nitrogen and oxygen atoms in total. The Hall–Kier alpha value is -7.72. The van der Waals surface area contributed by atoms with Gasteiger partial charge in [0.1, 0.15) is 0 Å². The molecule has 0 aliphatic rings. The summed E-state index contributed by atoms with van der Waals surface area (Å²) >= 11 is 1.85. The minimum Gasteiger partial charge on any atom is -0.228 e. The second-order valence-corrected chi connectivity index (χ2v) is 16.8. The van der Waals surface area contributed by atoms with Crippen molar-refractivity contribution < 1.29 is 0 Å². The van der Waals surface area contributed by atoms with Gasteiger partial charge in [0.15, 0.2) is 5.82 Å². The molecule has 0 unspecified atom stereocenters. The van der Waals surface area contributed by atoms with Gasteiger partial charge in [-0.3, -0.25) is 0 Å². The van der Waals surface area contributed by atoms with Crippen molar-refractivity contribution in [1.82, 2.24) is 9.97 Å². The highest BCUT2D eigenvalue weighted by molar-refractivity contribution is 7.25. The van der Waals surface area contributed by atoms with Gasteiger partial charge in [-0.25, -0.2) is 9.97 Å². The van der Waals surface area contributed by atoms with Gasteiger partial charge in [-0.2, -0.15) is 0 Å². The molecule has 0 aliphatic carbocycles. The fourth-order valence-corrected chi connectivity index (χ4v) is 10.2. The highest BCUT2D eigenvalue weighted by atomic mass is 32.1. The molecule has 0 radical (unpaired) electrons. The number of aromatic nitrogens is 2. The van der Waals surface area contributed by atoms with E-state index in [0.717, 1.165) is 44.8 Å². The van der Waals surface area contributed by atoms with Crippen LogP contribution in [0.3, 0.4) is 0 Å². The molecule has 0 spiro atoms. The first-order valence-electron chi connectivity index (χ1n) is 20.7. The van der Waals surface area contributed by atoms with E-state index in [2.05, 4.69) is 200 Å². The van der Waals surface area contributed by atoms with Crippen molar-refractivity contribution in [2.24, 2.45) is 0 Å². The van der Waals surface area contributed by atoms with Gasteiger partial charge in [-0.15, -0.1) is 11.3 Å². The lowest BCUT2D eigenvalue weighted by Gasteiger charge is -2.15. The van der Waals surface area contributed by atoms with E-state index in [0.29, 0.717) is 5.82 Å². The molecule has 0 bridgehead atoms. The smallest absolute Gasteiger partial charge is 0.160 e. The molecule has 0 amide bonds. The van der Waals surface area contributed by atoms with Gasteiger partial charge >= 0.3 is 0 Å². The Labute approximate surface area is 357 Å². The van der Waals surface area contributed by atoms with Crippen molar-refractivity contribution in [2.75, 3.05) is 0 Å². The van der Waals surface area contributed by atoms with Crippen LogP contribution >= 0.6 is 11.3 Å². The molecule has 10 aromatic carbocycles. The summed E-state index contributed by atoms with van der Waals surface area (Å²) in [5, 5.41) is 10.2. The highest BCUT2D eigenvalue weighted by Crippen LogP contribution is 2.41. The van der Waals surface area contributed by atoms with Crippen LogP contribution in [0.15, 0.2) is 218 Å². The minimum atomic E-state index is 0.701. The molecule has 2 heterocycles. The Morgan fingerprint density at radius 2 is 0.803 bits per heavy atom. The SMILES string of the molecule is c1ccc(-c2nc(-c3cccc(-c4cccc(-c5c6ccccc6cc6c5ccc5ccccc56)c4)c3)cc(-c3cccc(-c4ccc5sc6ccccc6c5c4)c3)n2)cc1. The van der Waals surface area contributed by atoms with Gasteiger partial charge in [0.2, 0.25) is 0 Å². The van der Waals surface area contributed by atoms with Crippen molar-refractivity contribution in [3.63, 3.8) is 0 Å². The van der Waals surface area contributed by atoms with Gasteiger partial charge in [-0.05, 0) is 114 Å². The van der Waals surface area contributed by atoms with Crippen molar-refractivity contribution in [1.29, 1.82) is 0 Å². The molecule has 12 rings (SSSR count). The molecule has 0 saturated heterocycles. The normalized spacial score (nSPS) is 11.6. The van der Waals surface area contributed by atoms with E-state index < -0.39 is 0 Å². The Kier molecular flexibility index (Phi) is 8.39. The van der Waals surface area contributed by atoms with Gasteiger partial charge in [-0.1, -0.05) is 170 Å². The van der Waals surface area contributed by atoms with Gasteiger partial charge in [0.05, 0.1) is 11.4 Å². The molecule has 3 heteroatoms. The highest BCUT2D eigenvalue weighted by Gasteiger charge is 2.16. The minimum absolute atomic E-state index is 0.701. The maximum atomic E-state index is 5.22. The zero-order valence-electron chi connectivity index (χ0n) is 33.1. The van der Waals surface area contributed by atoms with E-state index in [9.17, 15) is 0 Å². The molecule has 12 aromatic rings. The number of nitrogens with zero attached hydrogens (tertiary/aromatic N) is 2. The second kappa shape index (κ2) is 14.5. The summed E-state index contributed by atoms with van der Waals surface area (Å²) in [6.07, 6.45) is 0. The van der Waals surface area contributed by atoms with Crippen LogP contribution in [0.1, 0.15) is 0 Å². The van der Waals surface area contributed by atoms with Crippen LogP contribution in [-0.4, -0.2) is 9.97 Å². The lowest BCUT2D eigenvalue weighted by atomic mass is 9.88. The number of hydrogen-bond donors (Lipinski definition) is 0. The molecular formula is C58H36N2S. The first kappa shape index (κ1) is 35.2. The first-order chi connectivity index (χ1) is 30.2. The van der Waals surface area contributed by atoms with Crippen LogP contribution in [0.25, 0.3) is 120 Å².